The van der Waals surface area contributed by atoms with Crippen LogP contribution < -0.4 is 10.1 Å². The number of carbonyl (C=O) groups excluding carboxylic acids is 1. The molecule has 4 aromatic rings. The van der Waals surface area contributed by atoms with Crippen molar-refractivity contribution in [3.05, 3.63) is 76.6 Å². The number of nitrogens with one attached hydrogen (secondary N) is 2. The number of aryl methyl sites for hydroxylation is 1. The van der Waals surface area contributed by atoms with Crippen molar-refractivity contribution in [1.82, 2.24) is 20.1 Å². The van der Waals surface area contributed by atoms with Gasteiger partial charge in [0.1, 0.15) is 12.3 Å². The SMILES string of the molecule is COc1ccc2cc(CNC(=O)Cn3c(-c4ccc(C)cc4)n[nH]c3=S)ccc2c1. The van der Waals surface area contributed by atoms with Gasteiger partial charge in [0.05, 0.1) is 7.11 Å². The van der Waals surface area contributed by atoms with E-state index in [9.17, 15) is 4.79 Å². The lowest BCUT2D eigenvalue weighted by molar-refractivity contribution is -0.121. The fourth-order valence-corrected chi connectivity index (χ4v) is 3.49. The van der Waals surface area contributed by atoms with Crippen LogP contribution in [0.3, 0.4) is 0 Å². The molecule has 30 heavy (non-hydrogen) atoms. The maximum Gasteiger partial charge on any atom is 0.240 e. The molecule has 0 radical (unpaired) electrons. The van der Waals surface area contributed by atoms with Crippen molar-refractivity contribution >= 4 is 28.9 Å². The van der Waals surface area contributed by atoms with Crippen LogP contribution in [0, 0.1) is 11.7 Å². The molecule has 6 nitrogen and oxygen atoms in total. The van der Waals surface area contributed by atoms with Crippen LogP contribution in [0.4, 0.5) is 0 Å². The Hall–Kier alpha value is -3.45. The van der Waals surface area contributed by atoms with Crippen molar-refractivity contribution in [2.75, 3.05) is 7.11 Å². The molecule has 7 heteroatoms. The van der Waals surface area contributed by atoms with Crippen molar-refractivity contribution in [2.45, 2.75) is 20.0 Å². The highest BCUT2D eigenvalue weighted by Gasteiger charge is 2.12. The Bertz CT molecular complexity index is 1260. The van der Waals surface area contributed by atoms with Crippen LogP contribution in [-0.2, 0) is 17.9 Å². The molecule has 1 heterocycles. The van der Waals surface area contributed by atoms with E-state index in [4.69, 9.17) is 17.0 Å². The van der Waals surface area contributed by atoms with Crippen LogP contribution >= 0.6 is 12.2 Å². The van der Waals surface area contributed by atoms with E-state index >= 15 is 0 Å². The van der Waals surface area contributed by atoms with Gasteiger partial charge in [-0.05, 0) is 53.7 Å². The number of amides is 1. The number of nitrogens with zero attached hydrogens (tertiary/aromatic N) is 2. The number of benzene rings is 3. The molecule has 152 valence electrons. The number of carbonyl (C=O) groups is 1. The van der Waals surface area contributed by atoms with E-state index in [0.29, 0.717) is 17.1 Å². The number of H-pyrrole nitrogens is 1. The van der Waals surface area contributed by atoms with Gasteiger partial charge in [-0.25, -0.2) is 0 Å². The second-order valence-corrected chi connectivity index (χ2v) is 7.52. The highest BCUT2D eigenvalue weighted by Crippen LogP contribution is 2.22. The van der Waals surface area contributed by atoms with Gasteiger partial charge in [0.2, 0.25) is 5.91 Å². The normalized spacial score (nSPS) is 10.9. The van der Waals surface area contributed by atoms with Gasteiger partial charge in [-0.2, -0.15) is 5.10 Å². The van der Waals surface area contributed by atoms with Crippen molar-refractivity contribution in [1.29, 1.82) is 0 Å². The molecule has 2 N–H and O–H groups in total. The average Bonchev–Trinajstić information content (AvgIpc) is 3.12. The molecule has 3 aromatic carbocycles. The van der Waals surface area contributed by atoms with Crippen LogP contribution in [0.1, 0.15) is 11.1 Å². The summed E-state index contributed by atoms with van der Waals surface area (Å²) in [6.07, 6.45) is 0. The molecule has 0 bridgehead atoms. The largest absolute Gasteiger partial charge is 0.497 e. The molecule has 0 aliphatic rings. The van der Waals surface area contributed by atoms with Gasteiger partial charge in [-0.3, -0.25) is 14.5 Å². The Morgan fingerprint density at radius 2 is 1.83 bits per heavy atom. The van der Waals surface area contributed by atoms with Crippen LogP contribution in [-0.4, -0.2) is 27.8 Å². The Balaban J connectivity index is 1.45. The number of methoxy groups -OCH3 is 1. The van der Waals surface area contributed by atoms with E-state index < -0.39 is 0 Å². The molecule has 0 aliphatic heterocycles. The summed E-state index contributed by atoms with van der Waals surface area (Å²) in [6.45, 7) is 2.56. The smallest absolute Gasteiger partial charge is 0.240 e. The highest BCUT2D eigenvalue weighted by atomic mass is 32.1. The Labute approximate surface area is 179 Å². The number of hydrogen-bond donors (Lipinski definition) is 2. The number of ether oxygens (including phenoxy) is 1. The molecule has 0 atom stereocenters. The van der Waals surface area contributed by atoms with Gasteiger partial charge in [-0.1, -0.05) is 48.0 Å². The van der Waals surface area contributed by atoms with Crippen LogP contribution in [0.25, 0.3) is 22.2 Å². The highest BCUT2D eigenvalue weighted by molar-refractivity contribution is 7.71. The zero-order valence-corrected chi connectivity index (χ0v) is 17.6. The third kappa shape index (κ3) is 4.26. The van der Waals surface area contributed by atoms with Gasteiger partial charge >= 0.3 is 0 Å². The molecule has 4 rings (SSSR count). The Kier molecular flexibility index (Phi) is 5.63. The molecule has 0 saturated heterocycles. The predicted molar refractivity (Wildman–Crippen MR) is 120 cm³/mol. The van der Waals surface area contributed by atoms with Crippen molar-refractivity contribution < 1.29 is 9.53 Å². The summed E-state index contributed by atoms with van der Waals surface area (Å²) in [7, 11) is 1.65. The van der Waals surface area contributed by atoms with E-state index in [-0.39, 0.29) is 12.5 Å². The first-order chi connectivity index (χ1) is 14.5. The van der Waals surface area contributed by atoms with Crippen molar-refractivity contribution in [3.8, 4) is 17.1 Å². The Morgan fingerprint density at radius 1 is 1.10 bits per heavy atom. The second kappa shape index (κ2) is 8.51. The zero-order chi connectivity index (χ0) is 21.1. The van der Waals surface area contributed by atoms with Crippen LogP contribution in [0.5, 0.6) is 5.75 Å². The molecule has 0 saturated carbocycles. The monoisotopic (exact) mass is 418 g/mol. The zero-order valence-electron chi connectivity index (χ0n) is 16.8. The number of aromatic amines is 1. The Morgan fingerprint density at radius 3 is 2.60 bits per heavy atom. The number of hydrogen-bond acceptors (Lipinski definition) is 4. The third-order valence-electron chi connectivity index (χ3n) is 4.97. The molecular formula is C23H22N4O2S. The predicted octanol–water partition coefficient (Wildman–Crippen LogP) is 4.39. The maximum atomic E-state index is 12.6. The van der Waals surface area contributed by atoms with E-state index in [1.165, 1.54) is 0 Å². The first kappa shape index (κ1) is 19.8. The summed E-state index contributed by atoms with van der Waals surface area (Å²) in [5, 5.41) is 12.2. The van der Waals surface area contributed by atoms with E-state index in [1.54, 1.807) is 11.7 Å². The quantitative estimate of drug-likeness (QED) is 0.456. The number of fused-ring (bicyclic) bond motifs is 1. The molecular weight excluding hydrogens is 396 g/mol. The third-order valence-corrected chi connectivity index (χ3v) is 5.28. The second-order valence-electron chi connectivity index (χ2n) is 7.13. The lowest BCUT2D eigenvalue weighted by Crippen LogP contribution is -2.27. The minimum Gasteiger partial charge on any atom is -0.497 e. The summed E-state index contributed by atoms with van der Waals surface area (Å²) in [5.74, 6) is 1.34. The van der Waals surface area contributed by atoms with Gasteiger partial charge in [0.25, 0.3) is 0 Å². The van der Waals surface area contributed by atoms with Crippen LogP contribution in [0.15, 0.2) is 60.7 Å². The van der Waals surface area contributed by atoms with Gasteiger partial charge in [0, 0.05) is 12.1 Å². The first-order valence-corrected chi connectivity index (χ1v) is 10.00. The average molecular weight is 419 g/mol. The molecule has 0 spiro atoms. The van der Waals surface area contributed by atoms with E-state index in [0.717, 1.165) is 33.2 Å². The summed E-state index contributed by atoms with van der Waals surface area (Å²) in [5.41, 5.74) is 3.09. The minimum atomic E-state index is -0.129. The summed E-state index contributed by atoms with van der Waals surface area (Å²) < 4.78 is 7.39. The molecule has 0 aliphatic carbocycles. The first-order valence-electron chi connectivity index (χ1n) is 9.59. The summed E-state index contributed by atoms with van der Waals surface area (Å²) >= 11 is 5.32. The summed E-state index contributed by atoms with van der Waals surface area (Å²) in [6, 6.07) is 20.0. The van der Waals surface area contributed by atoms with Gasteiger partial charge in [0.15, 0.2) is 10.6 Å². The fourth-order valence-electron chi connectivity index (χ4n) is 3.30. The van der Waals surface area contributed by atoms with Crippen molar-refractivity contribution in [2.24, 2.45) is 0 Å². The topological polar surface area (TPSA) is 71.9 Å². The molecule has 0 unspecified atom stereocenters. The molecule has 0 fully saturated rings. The fraction of sp³-hybridized carbons (Fsp3) is 0.174. The van der Waals surface area contributed by atoms with E-state index in [2.05, 4.69) is 21.6 Å². The minimum absolute atomic E-state index is 0.101. The lowest BCUT2D eigenvalue weighted by atomic mass is 10.1. The van der Waals surface area contributed by atoms with Gasteiger partial charge < -0.3 is 10.1 Å². The number of aromatic nitrogens is 3. The van der Waals surface area contributed by atoms with Gasteiger partial charge in [-0.15, -0.1) is 0 Å². The summed E-state index contributed by atoms with van der Waals surface area (Å²) in [4.78, 5) is 12.6. The lowest BCUT2D eigenvalue weighted by Gasteiger charge is -2.10. The molecule has 1 aromatic heterocycles. The van der Waals surface area contributed by atoms with E-state index in [1.807, 2.05) is 61.5 Å². The van der Waals surface area contributed by atoms with Crippen LogP contribution in [0.2, 0.25) is 0 Å². The maximum absolute atomic E-state index is 12.6. The standard InChI is InChI=1S/C23H22N4O2S/c1-15-3-6-17(7-4-15)22-25-26-23(30)27(22)14-21(28)24-13-16-5-8-19-12-20(29-2)10-9-18(19)11-16/h3-12H,13-14H2,1-2H3,(H,24,28)(H,26,30). The van der Waals surface area contributed by atoms with Crippen molar-refractivity contribution in [3.63, 3.8) is 0 Å². The molecule has 1 amide bonds. The number of rotatable bonds is 6.